The first-order valence-electron chi connectivity index (χ1n) is 26.0. The summed E-state index contributed by atoms with van der Waals surface area (Å²) in [5.41, 5.74) is 4.69. The fraction of sp³-hybridized carbons (Fsp3) is 0.439. The normalized spacial score (nSPS) is 19.4. The second-order valence-electron chi connectivity index (χ2n) is 21.3. The number of hydrogen-bond donors (Lipinski definition) is 5. The van der Waals surface area contributed by atoms with Crippen molar-refractivity contribution in [1.82, 2.24) is 24.9 Å². The summed E-state index contributed by atoms with van der Waals surface area (Å²) in [6, 6.07) is 30.1. The Hall–Kier alpha value is -6.53. The molecule has 1 atom stereocenters. The Morgan fingerprint density at radius 1 is 0.946 bits per heavy atom. The van der Waals surface area contributed by atoms with Gasteiger partial charge in [-0.05, 0) is 148 Å². The van der Waals surface area contributed by atoms with E-state index in [9.17, 15) is 28.4 Å². The number of rotatable bonds is 20. The van der Waals surface area contributed by atoms with Crippen LogP contribution in [-0.4, -0.2) is 90.7 Å². The molecule has 16 nitrogen and oxygen atoms in total. The van der Waals surface area contributed by atoms with Gasteiger partial charge in [-0.25, -0.2) is 18.1 Å². The maximum absolute atomic E-state index is 14.1. The van der Waals surface area contributed by atoms with Crippen LogP contribution in [0.5, 0.6) is 17.2 Å². The second kappa shape index (κ2) is 22.1. The largest absolute Gasteiger partial charge is 0.497 e. The van der Waals surface area contributed by atoms with Crippen molar-refractivity contribution in [2.24, 2.45) is 11.3 Å². The highest BCUT2D eigenvalue weighted by Crippen LogP contribution is 2.53. The molecular formula is C57H70N8O8S. The number of nitrogens with one attached hydrogen (secondary N) is 4. The van der Waals surface area contributed by atoms with Crippen LogP contribution in [0.2, 0.25) is 0 Å². The number of ether oxygens (including phenoxy) is 2. The fourth-order valence-electron chi connectivity index (χ4n) is 11.3. The van der Waals surface area contributed by atoms with Gasteiger partial charge in [0.15, 0.2) is 0 Å². The zero-order chi connectivity index (χ0) is 52.2. The number of carbonyl (C=O) groups is 1. The highest BCUT2D eigenvalue weighted by Gasteiger charge is 2.49. The van der Waals surface area contributed by atoms with Crippen LogP contribution in [0.25, 0.3) is 11.0 Å². The number of aromatic nitrogens is 2. The summed E-state index contributed by atoms with van der Waals surface area (Å²) in [7, 11) is -2.91. The molecule has 17 heteroatoms. The number of carbonyl (C=O) groups excluding carboxylic acids is 1. The molecule has 2 aromatic heterocycles. The van der Waals surface area contributed by atoms with Crippen LogP contribution in [0.1, 0.15) is 118 Å². The number of pyridine rings is 1. The standard InChI is InChI=1S/C57H70N8O8S/c1-38(2)48-8-6-7-9-49(48)39(3)64(29-26-58-35-40-10-13-45(72-5)14-11-40)44-33-57(34-44)23-27-63(28-24-57)43-12-16-50(53(31-43)73-46-30-42-20-25-59-54(42)61-37-46)55(66)62-74(70,71)47-15-17-51(52(32-47)65(68)69)60-36-41-18-21-56(4,67)22-19-41/h6-17,20,25,30-32,37-39,41,44,58,60,67H,18-19,21-24,26-29,33-36H2,1-5H3,(H,59,61)(H,62,66)/t39-,41?,56?/m0/s1. The smallest absolute Gasteiger partial charge is 0.293 e. The van der Waals surface area contributed by atoms with Gasteiger partial charge in [0.05, 0.1) is 34.3 Å². The molecule has 1 amide bonds. The van der Waals surface area contributed by atoms with Gasteiger partial charge in [-0.1, -0.05) is 50.2 Å². The van der Waals surface area contributed by atoms with Gasteiger partial charge in [0.1, 0.15) is 28.6 Å². The van der Waals surface area contributed by atoms with Crippen LogP contribution in [-0.2, 0) is 16.6 Å². The molecule has 0 radical (unpaired) electrons. The molecule has 3 heterocycles. The van der Waals surface area contributed by atoms with E-state index in [2.05, 4.69) is 92.3 Å². The zero-order valence-corrected chi connectivity index (χ0v) is 43.9. The second-order valence-corrected chi connectivity index (χ2v) is 23.0. The maximum atomic E-state index is 14.1. The van der Waals surface area contributed by atoms with Crippen molar-refractivity contribution in [1.29, 1.82) is 0 Å². The molecule has 392 valence electrons. The van der Waals surface area contributed by atoms with Crippen molar-refractivity contribution < 1.29 is 32.7 Å². The quantitative estimate of drug-likeness (QED) is 0.0275. The molecule has 5 N–H and O–H groups in total. The van der Waals surface area contributed by atoms with Gasteiger partial charge in [-0.2, -0.15) is 0 Å². The molecule has 6 aromatic rings. The van der Waals surface area contributed by atoms with Gasteiger partial charge in [-0.3, -0.25) is 19.8 Å². The Kier molecular flexibility index (Phi) is 15.7. The highest BCUT2D eigenvalue weighted by atomic mass is 32.2. The maximum Gasteiger partial charge on any atom is 0.293 e. The molecule has 9 rings (SSSR count). The van der Waals surface area contributed by atoms with Crippen molar-refractivity contribution in [2.75, 3.05) is 50.1 Å². The first kappa shape index (κ1) is 52.3. The highest BCUT2D eigenvalue weighted by molar-refractivity contribution is 7.90. The molecular weight excluding hydrogens is 957 g/mol. The van der Waals surface area contributed by atoms with Gasteiger partial charge in [0.2, 0.25) is 0 Å². The van der Waals surface area contributed by atoms with Crippen molar-refractivity contribution >= 4 is 44.0 Å². The number of fused-ring (bicyclic) bond motifs is 1. The Labute approximate surface area is 434 Å². The molecule has 3 aliphatic rings. The molecule has 0 bridgehead atoms. The minimum absolute atomic E-state index is 0.0345. The van der Waals surface area contributed by atoms with E-state index in [4.69, 9.17) is 9.47 Å². The summed E-state index contributed by atoms with van der Waals surface area (Å²) in [5.74, 6) is 0.999. The van der Waals surface area contributed by atoms with E-state index in [1.165, 1.54) is 35.0 Å². The van der Waals surface area contributed by atoms with Crippen LogP contribution < -0.4 is 29.7 Å². The van der Waals surface area contributed by atoms with Crippen LogP contribution >= 0.6 is 0 Å². The first-order valence-corrected chi connectivity index (χ1v) is 27.5. The van der Waals surface area contributed by atoms with Crippen LogP contribution in [0.15, 0.2) is 114 Å². The number of amides is 1. The van der Waals surface area contributed by atoms with E-state index < -0.39 is 37.0 Å². The lowest BCUT2D eigenvalue weighted by Gasteiger charge is -2.56. The first-order chi connectivity index (χ1) is 35.5. The van der Waals surface area contributed by atoms with Gasteiger partial charge < -0.3 is 35.1 Å². The molecule has 2 aliphatic carbocycles. The van der Waals surface area contributed by atoms with Crippen molar-refractivity contribution in [3.05, 3.63) is 142 Å². The predicted molar refractivity (Wildman–Crippen MR) is 289 cm³/mol. The van der Waals surface area contributed by atoms with Crippen LogP contribution in [0.4, 0.5) is 17.1 Å². The predicted octanol–water partition coefficient (Wildman–Crippen LogP) is 10.5. The van der Waals surface area contributed by atoms with Crippen molar-refractivity contribution in [3.8, 4) is 17.2 Å². The van der Waals surface area contributed by atoms with Crippen molar-refractivity contribution in [2.45, 2.75) is 114 Å². The van der Waals surface area contributed by atoms with Crippen LogP contribution in [0, 0.1) is 21.4 Å². The van der Waals surface area contributed by atoms with Gasteiger partial charge >= 0.3 is 0 Å². The van der Waals surface area contributed by atoms with Gasteiger partial charge in [0.25, 0.3) is 21.6 Å². The zero-order valence-electron chi connectivity index (χ0n) is 43.1. The molecule has 1 spiro atoms. The summed E-state index contributed by atoms with van der Waals surface area (Å²) in [6.45, 7) is 13.3. The summed E-state index contributed by atoms with van der Waals surface area (Å²) in [4.78, 5) is 37.8. The van der Waals surface area contributed by atoms with E-state index in [0.29, 0.717) is 42.7 Å². The topological polar surface area (TPSA) is 204 Å². The Bertz CT molecular complexity index is 3040. The minimum atomic E-state index is -4.59. The number of H-pyrrole nitrogens is 1. The number of piperidine rings is 1. The van der Waals surface area contributed by atoms with Gasteiger partial charge in [0, 0.05) is 80.8 Å². The number of nitro benzene ring substituents is 1. The summed E-state index contributed by atoms with van der Waals surface area (Å²) in [6.07, 6.45) is 10.3. The number of benzene rings is 4. The van der Waals surface area contributed by atoms with E-state index in [1.807, 2.05) is 31.2 Å². The minimum Gasteiger partial charge on any atom is -0.497 e. The Morgan fingerprint density at radius 3 is 2.38 bits per heavy atom. The fourth-order valence-corrected chi connectivity index (χ4v) is 12.3. The Morgan fingerprint density at radius 2 is 1.68 bits per heavy atom. The molecule has 1 saturated heterocycles. The summed E-state index contributed by atoms with van der Waals surface area (Å²) in [5, 5.41) is 30.2. The third-order valence-electron chi connectivity index (χ3n) is 15.9. The third-order valence-corrected chi connectivity index (χ3v) is 17.2. The van der Waals surface area contributed by atoms with E-state index in [-0.39, 0.29) is 34.4 Å². The number of nitrogens with zero attached hydrogens (tertiary/aromatic N) is 4. The molecule has 0 unspecified atom stereocenters. The molecule has 2 saturated carbocycles. The molecule has 1 aliphatic heterocycles. The average Bonchev–Trinajstić information content (AvgIpc) is 3.86. The molecule has 3 fully saturated rings. The number of hydrogen-bond acceptors (Lipinski definition) is 13. The van der Waals surface area contributed by atoms with E-state index >= 15 is 0 Å². The Balaban J connectivity index is 0.886. The number of aromatic amines is 1. The number of methoxy groups -OCH3 is 1. The average molecular weight is 1030 g/mol. The number of anilines is 2. The summed E-state index contributed by atoms with van der Waals surface area (Å²) < 4.78 is 41.6. The molecule has 4 aromatic carbocycles. The number of nitro groups is 1. The van der Waals surface area contributed by atoms with Crippen LogP contribution in [0.3, 0.4) is 0 Å². The lowest BCUT2D eigenvalue weighted by Crippen LogP contribution is -2.56. The number of aliphatic hydroxyl groups is 1. The van der Waals surface area contributed by atoms with Gasteiger partial charge in [-0.15, -0.1) is 0 Å². The van der Waals surface area contributed by atoms with Crippen molar-refractivity contribution in [3.63, 3.8) is 0 Å². The monoisotopic (exact) mass is 1030 g/mol. The van der Waals surface area contributed by atoms with E-state index in [1.54, 1.807) is 31.5 Å². The lowest BCUT2D eigenvalue weighted by molar-refractivity contribution is -0.384. The molecule has 74 heavy (non-hydrogen) atoms. The summed E-state index contributed by atoms with van der Waals surface area (Å²) >= 11 is 0. The lowest BCUT2D eigenvalue weighted by atomic mass is 9.59. The third kappa shape index (κ3) is 12.0. The van der Waals surface area contributed by atoms with E-state index in [0.717, 1.165) is 94.1 Å². The SMILES string of the molecule is COc1ccc(CNCCN(C2CC3(CCN(c4ccc(C(=O)NS(=O)(=O)c5ccc(NCC6CCC(C)(O)CC6)c([N+](=O)[O-])c5)c(Oc5cnc6[nH]ccc6c5)c4)CC3)C2)[C@@H](C)c2ccccc2C(C)C)cc1. The number of sulfonamides is 1.